The molecule has 1 aromatic heterocycles. The Bertz CT molecular complexity index is 782. The Morgan fingerprint density at radius 2 is 2.05 bits per heavy atom. The van der Waals surface area contributed by atoms with E-state index in [-0.39, 0.29) is 17.2 Å². The van der Waals surface area contributed by atoms with Crippen LogP contribution in [0.2, 0.25) is 0 Å². The third-order valence-electron chi connectivity index (χ3n) is 3.23. The molecule has 2 aromatic rings. The highest BCUT2D eigenvalue weighted by atomic mass is 32.2. The normalized spacial score (nSPS) is 13.4. The van der Waals surface area contributed by atoms with E-state index in [1.165, 1.54) is 12.3 Å². The maximum Gasteiger partial charge on any atom is 0.321 e. The molecule has 2 rings (SSSR count). The van der Waals surface area contributed by atoms with E-state index in [2.05, 4.69) is 9.71 Å². The lowest BCUT2D eigenvalue weighted by molar-refractivity contribution is -0.139. The summed E-state index contributed by atoms with van der Waals surface area (Å²) in [4.78, 5) is 15.3. The highest BCUT2D eigenvalue weighted by molar-refractivity contribution is 7.89. The topological polar surface area (TPSA) is 96.4 Å². The smallest absolute Gasteiger partial charge is 0.321 e. The molecule has 6 nitrogen and oxygen atoms in total. The summed E-state index contributed by atoms with van der Waals surface area (Å²) in [6.45, 7) is 3.68. The summed E-state index contributed by atoms with van der Waals surface area (Å²) in [6.07, 6.45) is 3.29. The molecule has 0 fully saturated rings. The van der Waals surface area contributed by atoms with Crippen molar-refractivity contribution in [2.75, 3.05) is 0 Å². The fraction of sp³-hybridized carbons (Fsp3) is 0.333. The standard InChI is InChI=1S/C15H18N2O4S/c1-10(2)8-13(15(18)19)17-22(20,21)14-5-3-4-11-9-16-7-6-12(11)14/h3-7,9-10,13,17H,8H2,1-2H3,(H,18,19)/t13-/m1/s1. The van der Waals surface area contributed by atoms with Crippen LogP contribution >= 0.6 is 0 Å². The molecule has 0 amide bonds. The molecule has 0 saturated carbocycles. The molecule has 1 atom stereocenters. The van der Waals surface area contributed by atoms with Crippen LogP contribution in [0.15, 0.2) is 41.6 Å². The molecular weight excluding hydrogens is 304 g/mol. The average molecular weight is 322 g/mol. The van der Waals surface area contributed by atoms with Gasteiger partial charge in [-0.15, -0.1) is 0 Å². The Morgan fingerprint density at radius 1 is 1.32 bits per heavy atom. The Kier molecular flexibility index (Phi) is 4.77. The molecule has 1 aromatic carbocycles. The van der Waals surface area contributed by atoms with Gasteiger partial charge in [-0.05, 0) is 24.5 Å². The van der Waals surface area contributed by atoms with E-state index in [1.54, 1.807) is 24.4 Å². The van der Waals surface area contributed by atoms with E-state index in [9.17, 15) is 18.3 Å². The van der Waals surface area contributed by atoms with Crippen molar-refractivity contribution in [2.45, 2.75) is 31.2 Å². The summed E-state index contributed by atoms with van der Waals surface area (Å²) < 4.78 is 27.4. The molecule has 7 heteroatoms. The number of aromatic nitrogens is 1. The predicted octanol–water partition coefficient (Wildman–Crippen LogP) is 2.01. The SMILES string of the molecule is CC(C)C[C@@H](NS(=O)(=O)c1cccc2cnccc12)C(=O)O. The number of aliphatic carboxylic acids is 1. The molecule has 0 spiro atoms. The Labute approximate surface area is 129 Å². The number of nitrogens with one attached hydrogen (secondary N) is 1. The molecule has 0 aliphatic carbocycles. The zero-order valence-electron chi connectivity index (χ0n) is 12.4. The summed E-state index contributed by atoms with van der Waals surface area (Å²) in [5, 5.41) is 10.4. The second-order valence-electron chi connectivity index (χ2n) is 5.49. The first-order chi connectivity index (χ1) is 10.3. The maximum absolute atomic E-state index is 12.5. The third kappa shape index (κ3) is 3.61. The number of pyridine rings is 1. The zero-order valence-corrected chi connectivity index (χ0v) is 13.2. The van der Waals surface area contributed by atoms with Gasteiger partial charge in [-0.1, -0.05) is 26.0 Å². The van der Waals surface area contributed by atoms with Gasteiger partial charge in [0.15, 0.2) is 0 Å². The summed E-state index contributed by atoms with van der Waals surface area (Å²) >= 11 is 0. The van der Waals surface area contributed by atoms with Gasteiger partial charge < -0.3 is 5.11 Å². The first-order valence-corrected chi connectivity index (χ1v) is 8.37. The van der Waals surface area contributed by atoms with Gasteiger partial charge in [0.25, 0.3) is 0 Å². The summed E-state index contributed by atoms with van der Waals surface area (Å²) in [5.74, 6) is -1.13. The van der Waals surface area contributed by atoms with E-state index < -0.39 is 22.0 Å². The average Bonchev–Trinajstić information content (AvgIpc) is 2.45. The monoisotopic (exact) mass is 322 g/mol. The zero-order chi connectivity index (χ0) is 16.3. The number of fused-ring (bicyclic) bond motifs is 1. The third-order valence-corrected chi connectivity index (χ3v) is 4.76. The molecule has 0 radical (unpaired) electrons. The first kappa shape index (κ1) is 16.4. The minimum Gasteiger partial charge on any atom is -0.480 e. The van der Waals surface area contributed by atoms with Crippen molar-refractivity contribution in [1.82, 2.24) is 9.71 Å². The van der Waals surface area contributed by atoms with Gasteiger partial charge in [-0.2, -0.15) is 4.72 Å². The summed E-state index contributed by atoms with van der Waals surface area (Å²) in [7, 11) is -3.94. The second-order valence-corrected chi connectivity index (χ2v) is 7.18. The quantitative estimate of drug-likeness (QED) is 0.848. The Morgan fingerprint density at radius 3 is 2.68 bits per heavy atom. The van der Waals surface area contributed by atoms with Gasteiger partial charge in [0, 0.05) is 23.2 Å². The van der Waals surface area contributed by atoms with E-state index in [4.69, 9.17) is 0 Å². The lowest BCUT2D eigenvalue weighted by Gasteiger charge is -2.17. The van der Waals surface area contributed by atoms with Gasteiger partial charge in [-0.25, -0.2) is 8.42 Å². The molecule has 2 N–H and O–H groups in total. The van der Waals surface area contributed by atoms with Crippen molar-refractivity contribution in [2.24, 2.45) is 5.92 Å². The number of hydrogen-bond donors (Lipinski definition) is 2. The number of carbonyl (C=O) groups is 1. The van der Waals surface area contributed by atoms with Crippen LogP contribution in [-0.2, 0) is 14.8 Å². The number of rotatable bonds is 6. The van der Waals surface area contributed by atoms with Crippen LogP contribution in [0.3, 0.4) is 0 Å². The van der Waals surface area contributed by atoms with Crippen LogP contribution in [0, 0.1) is 5.92 Å². The fourth-order valence-corrected chi connectivity index (χ4v) is 3.68. The molecule has 118 valence electrons. The minimum atomic E-state index is -3.94. The highest BCUT2D eigenvalue weighted by Crippen LogP contribution is 2.22. The number of carboxylic acid groups (broad SMARTS) is 1. The lowest BCUT2D eigenvalue weighted by Crippen LogP contribution is -2.41. The minimum absolute atomic E-state index is 0.0560. The molecule has 0 saturated heterocycles. The highest BCUT2D eigenvalue weighted by Gasteiger charge is 2.27. The van der Waals surface area contributed by atoms with Crippen LogP contribution in [0.5, 0.6) is 0 Å². The Balaban J connectivity index is 2.42. The van der Waals surface area contributed by atoms with Gasteiger partial charge in [0.1, 0.15) is 6.04 Å². The molecule has 22 heavy (non-hydrogen) atoms. The largest absolute Gasteiger partial charge is 0.480 e. The van der Waals surface area contributed by atoms with Crippen molar-refractivity contribution < 1.29 is 18.3 Å². The van der Waals surface area contributed by atoms with Crippen LogP contribution in [0.25, 0.3) is 10.8 Å². The van der Waals surface area contributed by atoms with Crippen molar-refractivity contribution in [3.8, 4) is 0 Å². The van der Waals surface area contributed by atoms with E-state index in [1.807, 2.05) is 13.8 Å². The first-order valence-electron chi connectivity index (χ1n) is 6.89. The predicted molar refractivity (Wildman–Crippen MR) is 82.9 cm³/mol. The van der Waals surface area contributed by atoms with Crippen LogP contribution in [0.4, 0.5) is 0 Å². The van der Waals surface area contributed by atoms with Gasteiger partial charge in [-0.3, -0.25) is 9.78 Å². The number of sulfonamides is 1. The Hall–Kier alpha value is -1.99. The van der Waals surface area contributed by atoms with Crippen LogP contribution < -0.4 is 4.72 Å². The molecule has 1 heterocycles. The maximum atomic E-state index is 12.5. The second kappa shape index (κ2) is 6.41. The van der Waals surface area contributed by atoms with Crippen LogP contribution in [0.1, 0.15) is 20.3 Å². The fourth-order valence-electron chi connectivity index (χ4n) is 2.25. The van der Waals surface area contributed by atoms with Crippen molar-refractivity contribution in [1.29, 1.82) is 0 Å². The number of nitrogens with zero attached hydrogens (tertiary/aromatic N) is 1. The summed E-state index contributed by atoms with van der Waals surface area (Å²) in [6, 6.07) is 5.27. The van der Waals surface area contributed by atoms with Gasteiger partial charge >= 0.3 is 5.97 Å². The molecule has 0 unspecified atom stereocenters. The molecule has 0 aliphatic heterocycles. The molecule has 0 bridgehead atoms. The number of benzene rings is 1. The van der Waals surface area contributed by atoms with Crippen molar-refractivity contribution >= 4 is 26.8 Å². The molecule has 0 aliphatic rings. The van der Waals surface area contributed by atoms with E-state index >= 15 is 0 Å². The van der Waals surface area contributed by atoms with Crippen LogP contribution in [-0.4, -0.2) is 30.5 Å². The van der Waals surface area contributed by atoms with E-state index in [0.29, 0.717) is 10.8 Å². The van der Waals surface area contributed by atoms with Crippen molar-refractivity contribution in [3.05, 3.63) is 36.7 Å². The summed E-state index contributed by atoms with van der Waals surface area (Å²) in [5.41, 5.74) is 0. The van der Waals surface area contributed by atoms with E-state index in [0.717, 1.165) is 0 Å². The number of carboxylic acids is 1. The molecular formula is C15H18N2O4S. The van der Waals surface area contributed by atoms with Gasteiger partial charge in [0.2, 0.25) is 10.0 Å². The lowest BCUT2D eigenvalue weighted by atomic mass is 10.1. The number of hydrogen-bond acceptors (Lipinski definition) is 4. The van der Waals surface area contributed by atoms with Crippen molar-refractivity contribution in [3.63, 3.8) is 0 Å². The van der Waals surface area contributed by atoms with Gasteiger partial charge in [0.05, 0.1) is 4.90 Å².